The zero-order valence-electron chi connectivity index (χ0n) is 10.1. The van der Waals surface area contributed by atoms with Crippen LogP contribution in [-0.4, -0.2) is 28.0 Å². The van der Waals surface area contributed by atoms with Gasteiger partial charge in [0.2, 0.25) is 5.95 Å². The van der Waals surface area contributed by atoms with E-state index in [0.717, 1.165) is 28.5 Å². The summed E-state index contributed by atoms with van der Waals surface area (Å²) in [4.78, 5) is 9.51. The van der Waals surface area contributed by atoms with Gasteiger partial charge < -0.3 is 11.1 Å². The van der Waals surface area contributed by atoms with E-state index in [1.165, 1.54) is 24.3 Å². The van der Waals surface area contributed by atoms with Crippen molar-refractivity contribution in [2.24, 2.45) is 5.92 Å². The molecule has 0 spiro atoms. The summed E-state index contributed by atoms with van der Waals surface area (Å²) in [7, 11) is 0. The molecule has 2 aromatic rings. The van der Waals surface area contributed by atoms with Crippen molar-refractivity contribution in [2.75, 3.05) is 29.1 Å². The van der Waals surface area contributed by atoms with Crippen LogP contribution in [0.4, 0.5) is 11.8 Å². The minimum atomic E-state index is 0.353. The highest BCUT2D eigenvalue weighted by Gasteiger charge is 2.14. The van der Waals surface area contributed by atoms with Gasteiger partial charge in [-0.25, -0.2) is 4.98 Å². The summed E-state index contributed by atoms with van der Waals surface area (Å²) in [5, 5.41) is 6.56. The summed E-state index contributed by atoms with van der Waals surface area (Å²) in [6, 6.07) is 2.05. The quantitative estimate of drug-likeness (QED) is 0.905. The number of thiophene rings is 1. The lowest BCUT2D eigenvalue weighted by Gasteiger charge is -2.21. The lowest BCUT2D eigenvalue weighted by atomic mass is 10.0. The van der Waals surface area contributed by atoms with Gasteiger partial charge in [-0.05, 0) is 41.7 Å². The van der Waals surface area contributed by atoms with Crippen molar-refractivity contribution in [1.82, 2.24) is 9.97 Å². The number of rotatable bonds is 3. The number of fused-ring (bicyclic) bond motifs is 1. The SMILES string of the molecule is Nc1nc(NCC2CCSCC2)c2ccsc2n1. The number of nitrogens with two attached hydrogens (primary N) is 1. The number of nitrogens with zero attached hydrogens (tertiary/aromatic N) is 2. The van der Waals surface area contributed by atoms with E-state index in [4.69, 9.17) is 5.73 Å². The highest BCUT2D eigenvalue weighted by Crippen LogP contribution is 2.27. The minimum Gasteiger partial charge on any atom is -0.369 e. The zero-order chi connectivity index (χ0) is 12.4. The number of hydrogen-bond acceptors (Lipinski definition) is 6. The van der Waals surface area contributed by atoms with Gasteiger partial charge in [-0.2, -0.15) is 16.7 Å². The van der Waals surface area contributed by atoms with Crippen LogP contribution in [0.2, 0.25) is 0 Å². The van der Waals surface area contributed by atoms with Gasteiger partial charge in [-0.3, -0.25) is 0 Å². The summed E-state index contributed by atoms with van der Waals surface area (Å²) >= 11 is 3.66. The monoisotopic (exact) mass is 280 g/mol. The fourth-order valence-electron chi connectivity index (χ4n) is 2.20. The highest BCUT2D eigenvalue weighted by molar-refractivity contribution is 7.99. The maximum absolute atomic E-state index is 5.73. The Morgan fingerprint density at radius 1 is 1.33 bits per heavy atom. The van der Waals surface area contributed by atoms with E-state index in [0.29, 0.717) is 5.95 Å². The third-order valence-electron chi connectivity index (χ3n) is 3.24. The summed E-state index contributed by atoms with van der Waals surface area (Å²) in [6.07, 6.45) is 2.59. The molecule has 0 atom stereocenters. The predicted molar refractivity (Wildman–Crippen MR) is 80.4 cm³/mol. The maximum atomic E-state index is 5.73. The molecule has 1 saturated heterocycles. The molecule has 3 heterocycles. The molecule has 1 aliphatic heterocycles. The number of nitrogen functional groups attached to an aromatic ring is 1. The van der Waals surface area contributed by atoms with Crippen molar-refractivity contribution in [3.63, 3.8) is 0 Å². The van der Waals surface area contributed by atoms with Crippen LogP contribution in [0.25, 0.3) is 10.2 Å². The molecule has 0 radical (unpaired) electrons. The van der Waals surface area contributed by atoms with Gasteiger partial charge in [0.1, 0.15) is 10.6 Å². The fourth-order valence-corrected chi connectivity index (χ4v) is 4.17. The summed E-state index contributed by atoms with van der Waals surface area (Å²) in [5.41, 5.74) is 5.73. The summed E-state index contributed by atoms with van der Waals surface area (Å²) < 4.78 is 0. The largest absolute Gasteiger partial charge is 0.369 e. The lowest BCUT2D eigenvalue weighted by Crippen LogP contribution is -2.19. The maximum Gasteiger partial charge on any atom is 0.223 e. The summed E-state index contributed by atoms with van der Waals surface area (Å²) in [5.74, 6) is 4.57. The van der Waals surface area contributed by atoms with Gasteiger partial charge >= 0.3 is 0 Å². The minimum absolute atomic E-state index is 0.353. The van der Waals surface area contributed by atoms with Crippen LogP contribution in [-0.2, 0) is 0 Å². The second-order valence-electron chi connectivity index (χ2n) is 4.51. The molecule has 3 rings (SSSR count). The molecule has 18 heavy (non-hydrogen) atoms. The van der Waals surface area contributed by atoms with Crippen LogP contribution in [0, 0.1) is 5.92 Å². The van der Waals surface area contributed by atoms with E-state index in [2.05, 4.69) is 33.1 Å². The van der Waals surface area contributed by atoms with E-state index in [-0.39, 0.29) is 0 Å². The first kappa shape index (κ1) is 12.0. The Kier molecular flexibility index (Phi) is 3.56. The normalized spacial score (nSPS) is 17.1. The number of hydrogen-bond donors (Lipinski definition) is 2. The molecule has 0 aromatic carbocycles. The molecule has 0 bridgehead atoms. The van der Waals surface area contributed by atoms with Crippen molar-refractivity contribution < 1.29 is 0 Å². The first-order valence-electron chi connectivity index (χ1n) is 6.15. The van der Waals surface area contributed by atoms with Crippen LogP contribution in [0.5, 0.6) is 0 Å². The Morgan fingerprint density at radius 2 is 2.17 bits per heavy atom. The van der Waals surface area contributed by atoms with Crippen LogP contribution in [0.15, 0.2) is 11.4 Å². The topological polar surface area (TPSA) is 63.8 Å². The van der Waals surface area contributed by atoms with Crippen molar-refractivity contribution in [2.45, 2.75) is 12.8 Å². The predicted octanol–water partition coefficient (Wildman–Crippen LogP) is 2.83. The van der Waals surface area contributed by atoms with Crippen LogP contribution < -0.4 is 11.1 Å². The van der Waals surface area contributed by atoms with Crippen LogP contribution in [0.3, 0.4) is 0 Å². The Balaban J connectivity index is 1.75. The molecule has 0 aliphatic carbocycles. The second-order valence-corrected chi connectivity index (χ2v) is 6.63. The van der Waals surface area contributed by atoms with Gasteiger partial charge in [-0.1, -0.05) is 0 Å². The van der Waals surface area contributed by atoms with Crippen LogP contribution in [0.1, 0.15) is 12.8 Å². The van der Waals surface area contributed by atoms with E-state index in [1.54, 1.807) is 11.3 Å². The van der Waals surface area contributed by atoms with Crippen molar-refractivity contribution >= 4 is 45.1 Å². The lowest BCUT2D eigenvalue weighted by molar-refractivity contribution is 0.516. The van der Waals surface area contributed by atoms with E-state index in [9.17, 15) is 0 Å². The van der Waals surface area contributed by atoms with Gasteiger partial charge in [-0.15, -0.1) is 11.3 Å². The molecule has 6 heteroatoms. The molecule has 0 saturated carbocycles. The Hall–Kier alpha value is -1.01. The molecule has 1 fully saturated rings. The average molecular weight is 280 g/mol. The molecule has 2 aromatic heterocycles. The Labute approximate surface area is 114 Å². The molecule has 0 unspecified atom stereocenters. The first-order valence-corrected chi connectivity index (χ1v) is 8.18. The summed E-state index contributed by atoms with van der Waals surface area (Å²) in [6.45, 7) is 0.988. The number of anilines is 2. The van der Waals surface area contributed by atoms with E-state index < -0.39 is 0 Å². The van der Waals surface area contributed by atoms with Crippen molar-refractivity contribution in [3.8, 4) is 0 Å². The molecular formula is C12H16N4S2. The molecule has 1 aliphatic rings. The fraction of sp³-hybridized carbons (Fsp3) is 0.500. The Bertz CT molecular complexity index is 534. The molecule has 96 valence electrons. The zero-order valence-corrected chi connectivity index (χ0v) is 11.7. The molecular weight excluding hydrogens is 264 g/mol. The molecule has 3 N–H and O–H groups in total. The third kappa shape index (κ3) is 2.54. The Morgan fingerprint density at radius 3 is 3.00 bits per heavy atom. The average Bonchev–Trinajstić information content (AvgIpc) is 2.85. The standard InChI is InChI=1S/C12H16N4S2/c13-12-15-10(9-3-6-18-11(9)16-12)14-7-8-1-4-17-5-2-8/h3,6,8H,1-2,4-5,7H2,(H3,13,14,15,16). The van der Waals surface area contributed by atoms with Crippen molar-refractivity contribution in [3.05, 3.63) is 11.4 Å². The smallest absolute Gasteiger partial charge is 0.223 e. The van der Waals surface area contributed by atoms with E-state index in [1.807, 2.05) is 5.38 Å². The highest BCUT2D eigenvalue weighted by atomic mass is 32.2. The first-order chi connectivity index (χ1) is 8.83. The van der Waals surface area contributed by atoms with Gasteiger partial charge in [0.05, 0.1) is 5.39 Å². The van der Waals surface area contributed by atoms with Crippen molar-refractivity contribution in [1.29, 1.82) is 0 Å². The second kappa shape index (κ2) is 5.32. The number of aromatic nitrogens is 2. The van der Waals surface area contributed by atoms with E-state index >= 15 is 0 Å². The molecule has 4 nitrogen and oxygen atoms in total. The van der Waals surface area contributed by atoms with Gasteiger partial charge in [0.15, 0.2) is 0 Å². The molecule has 0 amide bonds. The van der Waals surface area contributed by atoms with Crippen LogP contribution >= 0.6 is 23.1 Å². The third-order valence-corrected chi connectivity index (χ3v) is 5.10. The number of nitrogens with one attached hydrogen (secondary N) is 1. The van der Waals surface area contributed by atoms with Gasteiger partial charge in [0, 0.05) is 6.54 Å². The number of thioether (sulfide) groups is 1. The van der Waals surface area contributed by atoms with Gasteiger partial charge in [0.25, 0.3) is 0 Å².